The first kappa shape index (κ1) is 15.0. The lowest BCUT2D eigenvalue weighted by Crippen LogP contribution is -2.35. The summed E-state index contributed by atoms with van der Waals surface area (Å²) in [6, 6.07) is 0.393. The van der Waals surface area contributed by atoms with E-state index in [2.05, 4.69) is 30.0 Å². The molecule has 1 fully saturated rings. The zero-order chi connectivity index (χ0) is 14.7. The van der Waals surface area contributed by atoms with Gasteiger partial charge in [0.15, 0.2) is 0 Å². The van der Waals surface area contributed by atoms with Crippen molar-refractivity contribution in [2.24, 2.45) is 13.0 Å². The lowest BCUT2D eigenvalue weighted by molar-refractivity contribution is -0.137. The Hall–Kier alpha value is -1.36. The molecule has 5 nitrogen and oxygen atoms in total. The van der Waals surface area contributed by atoms with Crippen LogP contribution < -0.4 is 0 Å². The molecule has 0 aliphatic carbocycles. The van der Waals surface area contributed by atoms with E-state index in [4.69, 9.17) is 5.11 Å². The van der Waals surface area contributed by atoms with Crippen molar-refractivity contribution in [1.29, 1.82) is 0 Å². The summed E-state index contributed by atoms with van der Waals surface area (Å²) in [7, 11) is 1.96. The Labute approximate surface area is 120 Å². The van der Waals surface area contributed by atoms with Crippen molar-refractivity contribution in [3.05, 3.63) is 17.5 Å². The normalized spacial score (nSPS) is 19.1. The first-order chi connectivity index (χ1) is 9.47. The lowest BCUT2D eigenvalue weighted by atomic mass is 9.91. The Morgan fingerprint density at radius 1 is 1.50 bits per heavy atom. The van der Waals surface area contributed by atoms with Gasteiger partial charge >= 0.3 is 5.97 Å². The van der Waals surface area contributed by atoms with E-state index in [0.717, 1.165) is 38.0 Å². The molecule has 0 bridgehead atoms. The number of aromatic nitrogens is 2. The number of hydrogen-bond acceptors (Lipinski definition) is 3. The Morgan fingerprint density at radius 2 is 2.15 bits per heavy atom. The molecule has 0 aromatic carbocycles. The Balaban J connectivity index is 1.87. The fraction of sp³-hybridized carbons (Fsp3) is 0.733. The Bertz CT molecular complexity index is 462. The standard InChI is InChI=1S/C15H25N3O2/c1-11-14(10-17(3)16-11)12(2)18-8-6-13(7-9-18)4-5-15(19)20/h10,12-13H,4-9H2,1-3H3,(H,19,20). The average molecular weight is 279 g/mol. The van der Waals surface area contributed by atoms with E-state index in [1.807, 2.05) is 11.7 Å². The largest absolute Gasteiger partial charge is 0.481 e. The summed E-state index contributed by atoms with van der Waals surface area (Å²) in [4.78, 5) is 13.1. The van der Waals surface area contributed by atoms with Gasteiger partial charge in [-0.1, -0.05) is 0 Å². The van der Waals surface area contributed by atoms with Gasteiger partial charge in [-0.15, -0.1) is 0 Å². The second kappa shape index (κ2) is 6.39. The number of likely N-dealkylation sites (tertiary alicyclic amines) is 1. The molecule has 0 amide bonds. The van der Waals surface area contributed by atoms with E-state index >= 15 is 0 Å². The van der Waals surface area contributed by atoms with Gasteiger partial charge in [0.1, 0.15) is 0 Å². The van der Waals surface area contributed by atoms with Gasteiger partial charge in [0.05, 0.1) is 5.69 Å². The summed E-state index contributed by atoms with van der Waals surface area (Å²) in [6.07, 6.45) is 5.45. The monoisotopic (exact) mass is 279 g/mol. The highest BCUT2D eigenvalue weighted by molar-refractivity contribution is 5.66. The molecule has 0 spiro atoms. The van der Waals surface area contributed by atoms with Gasteiger partial charge < -0.3 is 5.11 Å². The molecule has 20 heavy (non-hydrogen) atoms. The van der Waals surface area contributed by atoms with Crippen molar-refractivity contribution in [2.75, 3.05) is 13.1 Å². The van der Waals surface area contributed by atoms with Gasteiger partial charge in [0.2, 0.25) is 0 Å². The van der Waals surface area contributed by atoms with Crippen LogP contribution in [0, 0.1) is 12.8 Å². The van der Waals surface area contributed by atoms with Gasteiger partial charge in [0.25, 0.3) is 0 Å². The quantitative estimate of drug-likeness (QED) is 0.899. The summed E-state index contributed by atoms with van der Waals surface area (Å²) in [5, 5.41) is 13.2. The molecule has 0 saturated carbocycles. The van der Waals surface area contributed by atoms with Crippen molar-refractivity contribution < 1.29 is 9.90 Å². The SMILES string of the molecule is Cc1nn(C)cc1C(C)N1CCC(CCC(=O)O)CC1. The molecule has 0 radical (unpaired) electrons. The van der Waals surface area contributed by atoms with Crippen LogP contribution in [0.4, 0.5) is 0 Å². The van der Waals surface area contributed by atoms with E-state index in [1.54, 1.807) is 0 Å². The van der Waals surface area contributed by atoms with E-state index in [9.17, 15) is 4.79 Å². The number of carboxylic acids is 1. The lowest BCUT2D eigenvalue weighted by Gasteiger charge is -2.36. The molecule has 1 unspecified atom stereocenters. The van der Waals surface area contributed by atoms with Gasteiger partial charge in [-0.05, 0) is 52.1 Å². The van der Waals surface area contributed by atoms with Crippen molar-refractivity contribution >= 4 is 5.97 Å². The molecule has 1 aliphatic heterocycles. The Kier molecular flexibility index (Phi) is 4.81. The van der Waals surface area contributed by atoms with Crippen LogP contribution >= 0.6 is 0 Å². The minimum atomic E-state index is -0.674. The average Bonchev–Trinajstić information content (AvgIpc) is 2.75. The molecule has 1 aromatic heterocycles. The Morgan fingerprint density at radius 3 is 2.65 bits per heavy atom. The molecule has 2 rings (SSSR count). The maximum atomic E-state index is 10.6. The number of piperidine rings is 1. The first-order valence-corrected chi connectivity index (χ1v) is 7.43. The number of rotatable bonds is 5. The predicted molar refractivity (Wildman–Crippen MR) is 77.5 cm³/mol. The van der Waals surface area contributed by atoms with Gasteiger partial charge in [-0.3, -0.25) is 14.4 Å². The zero-order valence-electron chi connectivity index (χ0n) is 12.7. The van der Waals surface area contributed by atoms with Crippen molar-refractivity contribution in [2.45, 2.75) is 45.6 Å². The minimum Gasteiger partial charge on any atom is -0.481 e. The van der Waals surface area contributed by atoms with E-state index in [1.165, 1.54) is 5.56 Å². The van der Waals surface area contributed by atoms with Crippen LogP contribution in [-0.2, 0) is 11.8 Å². The third-order valence-corrected chi connectivity index (χ3v) is 4.46. The summed E-state index contributed by atoms with van der Waals surface area (Å²) in [6.45, 7) is 6.41. The predicted octanol–water partition coefficient (Wildman–Crippen LogP) is 2.37. The fourth-order valence-corrected chi connectivity index (χ4v) is 3.18. The molecular weight excluding hydrogens is 254 g/mol. The van der Waals surface area contributed by atoms with Crippen molar-refractivity contribution in [1.82, 2.24) is 14.7 Å². The third kappa shape index (κ3) is 3.60. The molecule has 1 aromatic rings. The number of carbonyl (C=O) groups is 1. The van der Waals surface area contributed by atoms with Gasteiger partial charge in [-0.25, -0.2) is 0 Å². The highest BCUT2D eigenvalue weighted by atomic mass is 16.4. The molecule has 1 N–H and O–H groups in total. The minimum absolute atomic E-state index is 0.307. The van der Waals surface area contributed by atoms with Crippen LogP contribution in [-0.4, -0.2) is 38.8 Å². The highest BCUT2D eigenvalue weighted by Crippen LogP contribution is 2.29. The number of aliphatic carboxylic acids is 1. The van der Waals surface area contributed by atoms with E-state index < -0.39 is 5.97 Å². The smallest absolute Gasteiger partial charge is 0.303 e. The maximum Gasteiger partial charge on any atom is 0.303 e. The number of carboxylic acid groups (broad SMARTS) is 1. The van der Waals surface area contributed by atoms with Crippen LogP contribution in [0.5, 0.6) is 0 Å². The van der Waals surface area contributed by atoms with E-state index in [0.29, 0.717) is 18.4 Å². The molecule has 5 heteroatoms. The second-order valence-electron chi connectivity index (χ2n) is 5.93. The first-order valence-electron chi connectivity index (χ1n) is 7.43. The number of aryl methyl sites for hydroxylation is 2. The maximum absolute atomic E-state index is 10.6. The summed E-state index contributed by atoms with van der Waals surface area (Å²) in [5.41, 5.74) is 2.41. The zero-order valence-corrected chi connectivity index (χ0v) is 12.7. The third-order valence-electron chi connectivity index (χ3n) is 4.46. The topological polar surface area (TPSA) is 58.4 Å². The van der Waals surface area contributed by atoms with Crippen LogP contribution in [0.15, 0.2) is 6.20 Å². The van der Waals surface area contributed by atoms with Crippen molar-refractivity contribution in [3.8, 4) is 0 Å². The molecule has 2 heterocycles. The second-order valence-corrected chi connectivity index (χ2v) is 5.93. The van der Waals surface area contributed by atoms with Crippen LogP contribution in [0.2, 0.25) is 0 Å². The molecule has 112 valence electrons. The molecule has 1 atom stereocenters. The number of hydrogen-bond donors (Lipinski definition) is 1. The van der Waals surface area contributed by atoms with Crippen LogP contribution in [0.25, 0.3) is 0 Å². The van der Waals surface area contributed by atoms with Gasteiger partial charge in [0, 0.05) is 31.3 Å². The molecular formula is C15H25N3O2. The fourth-order valence-electron chi connectivity index (χ4n) is 3.18. The van der Waals surface area contributed by atoms with Gasteiger partial charge in [-0.2, -0.15) is 5.10 Å². The molecule has 1 aliphatic rings. The molecule has 1 saturated heterocycles. The summed E-state index contributed by atoms with van der Waals surface area (Å²) in [5.74, 6) is -0.101. The van der Waals surface area contributed by atoms with E-state index in [-0.39, 0.29) is 0 Å². The van der Waals surface area contributed by atoms with Crippen LogP contribution in [0.3, 0.4) is 0 Å². The summed E-state index contributed by atoms with van der Waals surface area (Å²) < 4.78 is 1.88. The number of nitrogens with zero attached hydrogens (tertiary/aromatic N) is 3. The highest BCUT2D eigenvalue weighted by Gasteiger charge is 2.25. The summed E-state index contributed by atoms with van der Waals surface area (Å²) >= 11 is 0. The van der Waals surface area contributed by atoms with Crippen molar-refractivity contribution in [3.63, 3.8) is 0 Å². The van der Waals surface area contributed by atoms with Crippen LogP contribution in [0.1, 0.15) is 49.9 Å².